The van der Waals surface area contributed by atoms with Crippen molar-refractivity contribution in [3.05, 3.63) is 42.0 Å². The zero-order chi connectivity index (χ0) is 25.8. The zero-order valence-corrected chi connectivity index (χ0v) is 19.8. The molecule has 2 heterocycles. The predicted octanol–water partition coefficient (Wildman–Crippen LogP) is -1.12. The molecule has 2 aliphatic rings. The maximum absolute atomic E-state index is 13.1. The number of nitrogens with one attached hydrogen (secondary N) is 3. The van der Waals surface area contributed by atoms with Crippen molar-refractivity contribution in [1.29, 1.82) is 0 Å². The SMILES string of the molecule is COC(=O)[C@H]1/C=C/COc2ccc(cc2)C[C@H](NC(C)=O)C(=O)N[C@H](CCCN=C(N)N)C(=O)N1. The summed E-state index contributed by atoms with van der Waals surface area (Å²) in [6, 6.07) is 3.98. The van der Waals surface area contributed by atoms with Crippen molar-refractivity contribution in [3.63, 3.8) is 0 Å². The van der Waals surface area contributed by atoms with Crippen molar-refractivity contribution in [1.82, 2.24) is 16.0 Å². The van der Waals surface area contributed by atoms with Crippen molar-refractivity contribution in [2.24, 2.45) is 16.5 Å². The number of carbonyl (C=O) groups is 4. The van der Waals surface area contributed by atoms with Crippen LogP contribution in [0.1, 0.15) is 25.3 Å². The Bertz CT molecular complexity index is 958. The number of guanidine groups is 1. The molecule has 7 N–H and O–H groups in total. The average Bonchev–Trinajstić information content (AvgIpc) is 2.81. The zero-order valence-electron chi connectivity index (χ0n) is 19.8. The lowest BCUT2D eigenvalue weighted by Gasteiger charge is -2.24. The topological polar surface area (TPSA) is 187 Å². The quantitative estimate of drug-likeness (QED) is 0.109. The molecule has 3 amide bonds. The fourth-order valence-corrected chi connectivity index (χ4v) is 3.36. The van der Waals surface area contributed by atoms with Gasteiger partial charge in [0.2, 0.25) is 17.7 Å². The number of benzene rings is 1. The van der Waals surface area contributed by atoms with Gasteiger partial charge >= 0.3 is 5.97 Å². The number of fused-ring (bicyclic) bond motifs is 12. The lowest BCUT2D eigenvalue weighted by atomic mass is 10.0. The maximum atomic E-state index is 13.1. The van der Waals surface area contributed by atoms with Crippen LogP contribution in [0, 0.1) is 0 Å². The van der Waals surface area contributed by atoms with Gasteiger partial charge in [0.05, 0.1) is 7.11 Å². The Balaban J connectivity index is 2.35. The molecule has 0 unspecified atom stereocenters. The summed E-state index contributed by atoms with van der Waals surface area (Å²) in [5, 5.41) is 7.88. The summed E-state index contributed by atoms with van der Waals surface area (Å²) in [6.45, 7) is 1.69. The van der Waals surface area contributed by atoms with Gasteiger partial charge in [-0.1, -0.05) is 18.2 Å². The summed E-state index contributed by atoms with van der Waals surface area (Å²) in [6.07, 6.45) is 3.77. The molecular formula is C23H32N6O6. The van der Waals surface area contributed by atoms with E-state index in [2.05, 4.69) is 20.9 Å². The fraction of sp³-hybridized carbons (Fsp3) is 0.435. The van der Waals surface area contributed by atoms with Crippen LogP contribution in [0.4, 0.5) is 0 Å². The van der Waals surface area contributed by atoms with Gasteiger partial charge in [-0.3, -0.25) is 19.4 Å². The number of rotatable bonds is 6. The second-order valence-electron chi connectivity index (χ2n) is 7.86. The van der Waals surface area contributed by atoms with Crippen molar-refractivity contribution in [2.45, 2.75) is 44.3 Å². The Kier molecular flexibility index (Phi) is 10.5. The number of hydrogen-bond acceptors (Lipinski definition) is 7. The van der Waals surface area contributed by atoms with Gasteiger partial charge in [0, 0.05) is 19.9 Å². The van der Waals surface area contributed by atoms with Gasteiger partial charge in [-0.2, -0.15) is 0 Å². The number of nitrogens with zero attached hydrogens (tertiary/aromatic N) is 1. The van der Waals surface area contributed by atoms with Gasteiger partial charge in [0.15, 0.2) is 5.96 Å². The first-order valence-corrected chi connectivity index (χ1v) is 11.1. The molecule has 1 aromatic rings. The maximum Gasteiger partial charge on any atom is 0.332 e. The Morgan fingerprint density at radius 3 is 2.51 bits per heavy atom. The van der Waals surface area contributed by atoms with Crippen molar-refractivity contribution in [3.8, 4) is 5.75 Å². The van der Waals surface area contributed by atoms with Gasteiger partial charge in [-0.05, 0) is 36.6 Å². The summed E-state index contributed by atoms with van der Waals surface area (Å²) in [4.78, 5) is 54.0. The average molecular weight is 489 g/mol. The molecule has 0 fully saturated rings. The summed E-state index contributed by atoms with van der Waals surface area (Å²) < 4.78 is 10.4. The van der Waals surface area contributed by atoms with E-state index in [1.165, 1.54) is 20.1 Å². The minimum atomic E-state index is -1.10. The molecule has 0 saturated heterocycles. The molecule has 0 aromatic heterocycles. The van der Waals surface area contributed by atoms with Gasteiger partial charge in [0.1, 0.15) is 30.5 Å². The fourth-order valence-electron chi connectivity index (χ4n) is 3.36. The van der Waals surface area contributed by atoms with E-state index < -0.39 is 41.8 Å². The Morgan fingerprint density at radius 2 is 1.89 bits per heavy atom. The van der Waals surface area contributed by atoms with Crippen LogP contribution >= 0.6 is 0 Å². The van der Waals surface area contributed by atoms with E-state index in [1.54, 1.807) is 30.3 Å². The highest BCUT2D eigenvalue weighted by Crippen LogP contribution is 2.14. The van der Waals surface area contributed by atoms with Crippen LogP contribution in [-0.2, 0) is 30.3 Å². The van der Waals surface area contributed by atoms with Crippen LogP contribution in [-0.4, -0.2) is 68.0 Å². The second kappa shape index (κ2) is 13.6. The van der Waals surface area contributed by atoms with Gasteiger partial charge < -0.3 is 36.9 Å². The molecule has 0 aliphatic carbocycles. The normalized spacial score (nSPS) is 21.6. The Hall–Kier alpha value is -4.09. The molecule has 12 nitrogen and oxygen atoms in total. The van der Waals surface area contributed by atoms with Gasteiger partial charge in [-0.15, -0.1) is 0 Å². The first-order chi connectivity index (χ1) is 16.7. The lowest BCUT2D eigenvalue weighted by Crippen LogP contribution is -2.56. The van der Waals surface area contributed by atoms with Crippen LogP contribution in [0.5, 0.6) is 5.75 Å². The van der Waals surface area contributed by atoms with E-state index in [-0.39, 0.29) is 32.0 Å². The highest BCUT2D eigenvalue weighted by molar-refractivity contribution is 5.93. The van der Waals surface area contributed by atoms with Crippen LogP contribution < -0.4 is 32.2 Å². The predicted molar refractivity (Wildman–Crippen MR) is 128 cm³/mol. The molecule has 3 rings (SSSR count). The number of aliphatic imine (C=N–C) groups is 1. The van der Waals surface area contributed by atoms with E-state index in [9.17, 15) is 19.2 Å². The van der Waals surface area contributed by atoms with Crippen LogP contribution in [0.2, 0.25) is 0 Å². The first kappa shape index (κ1) is 27.2. The third kappa shape index (κ3) is 9.35. The number of nitrogens with two attached hydrogens (primary N) is 2. The molecule has 12 heteroatoms. The summed E-state index contributed by atoms with van der Waals surface area (Å²) >= 11 is 0. The third-order valence-electron chi connectivity index (χ3n) is 5.06. The molecule has 0 radical (unpaired) electrons. The molecule has 0 saturated carbocycles. The third-order valence-corrected chi connectivity index (χ3v) is 5.06. The Morgan fingerprint density at radius 1 is 1.17 bits per heavy atom. The van der Waals surface area contributed by atoms with Gasteiger partial charge in [0.25, 0.3) is 0 Å². The number of methoxy groups -OCH3 is 1. The summed E-state index contributed by atoms with van der Waals surface area (Å²) in [5.41, 5.74) is 11.5. The number of ether oxygens (including phenoxy) is 2. The number of esters is 1. The van der Waals surface area contributed by atoms with Crippen molar-refractivity contribution >= 4 is 29.7 Å². The van der Waals surface area contributed by atoms with E-state index in [0.29, 0.717) is 12.2 Å². The van der Waals surface area contributed by atoms with Crippen LogP contribution in [0.25, 0.3) is 0 Å². The molecule has 190 valence electrons. The molecule has 2 aliphatic heterocycles. The smallest absolute Gasteiger partial charge is 0.332 e. The summed E-state index contributed by atoms with van der Waals surface area (Å²) in [7, 11) is 1.20. The molecule has 1 aromatic carbocycles. The van der Waals surface area contributed by atoms with E-state index >= 15 is 0 Å². The van der Waals surface area contributed by atoms with E-state index in [4.69, 9.17) is 20.9 Å². The monoisotopic (exact) mass is 488 g/mol. The minimum absolute atomic E-state index is 0.0914. The molecule has 3 atom stereocenters. The number of amides is 3. The summed E-state index contributed by atoms with van der Waals surface area (Å²) in [5.74, 6) is -1.77. The Labute approximate surface area is 203 Å². The van der Waals surface area contributed by atoms with Crippen molar-refractivity contribution in [2.75, 3.05) is 20.3 Å². The lowest BCUT2D eigenvalue weighted by molar-refractivity contribution is -0.144. The van der Waals surface area contributed by atoms with Crippen molar-refractivity contribution < 1.29 is 28.7 Å². The second-order valence-corrected chi connectivity index (χ2v) is 7.86. The molecule has 0 spiro atoms. The molecule has 2 bridgehead atoms. The first-order valence-electron chi connectivity index (χ1n) is 11.1. The minimum Gasteiger partial charge on any atom is -0.490 e. The highest BCUT2D eigenvalue weighted by atomic mass is 16.5. The van der Waals surface area contributed by atoms with E-state index in [1.807, 2.05) is 0 Å². The van der Waals surface area contributed by atoms with Crippen LogP contribution in [0.15, 0.2) is 41.4 Å². The van der Waals surface area contributed by atoms with Gasteiger partial charge in [-0.25, -0.2) is 4.79 Å². The largest absolute Gasteiger partial charge is 0.490 e. The number of carbonyl (C=O) groups excluding carboxylic acids is 4. The molecule has 35 heavy (non-hydrogen) atoms. The number of hydrogen-bond donors (Lipinski definition) is 5. The molecular weight excluding hydrogens is 456 g/mol. The van der Waals surface area contributed by atoms with E-state index in [0.717, 1.165) is 5.56 Å². The standard InChI is InChI=1S/C23H32N6O6/c1-14(30)27-19-13-15-7-9-16(10-8-15)35-12-4-6-18(22(33)34-2)29-20(31)17(28-21(19)32)5-3-11-26-23(24)25/h4,6-10,17-19H,3,5,11-13H2,1-2H3,(H,27,30)(H,28,32)(H,29,31)(H4,24,25,26)/b6-4+/t17-,18-,19+/m1/s1. The van der Waals surface area contributed by atoms with Crippen LogP contribution in [0.3, 0.4) is 0 Å². The highest BCUT2D eigenvalue weighted by Gasteiger charge is 2.29.